The molecular formula is C14H13N3O2S. The Balaban J connectivity index is 2.09. The Hall–Kier alpha value is -2.34. The van der Waals surface area contributed by atoms with Crippen LogP contribution in [0.25, 0.3) is 10.8 Å². The van der Waals surface area contributed by atoms with Gasteiger partial charge in [0.05, 0.1) is 16.8 Å². The molecule has 1 aromatic heterocycles. The predicted molar refractivity (Wildman–Crippen MR) is 78.0 cm³/mol. The number of aromatic nitrogens is 2. The van der Waals surface area contributed by atoms with Gasteiger partial charge in [0, 0.05) is 18.6 Å². The molecule has 0 spiro atoms. The van der Waals surface area contributed by atoms with Crippen molar-refractivity contribution in [2.24, 2.45) is 7.05 Å². The summed E-state index contributed by atoms with van der Waals surface area (Å²) < 4.78 is 29.0. The van der Waals surface area contributed by atoms with Crippen molar-refractivity contribution in [3.8, 4) is 0 Å². The average Bonchev–Trinajstić information content (AvgIpc) is 2.82. The fourth-order valence-corrected chi connectivity index (χ4v) is 3.37. The van der Waals surface area contributed by atoms with E-state index in [4.69, 9.17) is 0 Å². The Morgan fingerprint density at radius 3 is 2.60 bits per heavy atom. The molecule has 0 saturated heterocycles. The lowest BCUT2D eigenvalue weighted by atomic mass is 10.1. The molecule has 6 heteroatoms. The summed E-state index contributed by atoms with van der Waals surface area (Å²) >= 11 is 0. The first-order valence-corrected chi connectivity index (χ1v) is 7.54. The molecule has 102 valence electrons. The average molecular weight is 287 g/mol. The van der Waals surface area contributed by atoms with Crippen LogP contribution in [0.5, 0.6) is 0 Å². The number of sulfonamides is 1. The van der Waals surface area contributed by atoms with Gasteiger partial charge in [0.1, 0.15) is 0 Å². The van der Waals surface area contributed by atoms with E-state index in [0.717, 1.165) is 5.39 Å². The molecule has 0 amide bonds. The van der Waals surface area contributed by atoms with E-state index >= 15 is 0 Å². The monoisotopic (exact) mass is 287 g/mol. The summed E-state index contributed by atoms with van der Waals surface area (Å²) in [6, 6.07) is 12.6. The van der Waals surface area contributed by atoms with Gasteiger partial charge < -0.3 is 0 Å². The summed E-state index contributed by atoms with van der Waals surface area (Å²) in [5.74, 6) is 0. The smallest absolute Gasteiger partial charge is 0.262 e. The van der Waals surface area contributed by atoms with Crippen LogP contribution in [0.15, 0.2) is 59.8 Å². The zero-order valence-corrected chi connectivity index (χ0v) is 11.6. The van der Waals surface area contributed by atoms with Gasteiger partial charge in [-0.25, -0.2) is 8.42 Å². The summed E-state index contributed by atoms with van der Waals surface area (Å²) in [6.45, 7) is 0. The number of aryl methyl sites for hydroxylation is 1. The minimum atomic E-state index is -3.63. The highest BCUT2D eigenvalue weighted by Crippen LogP contribution is 2.24. The number of nitrogens with one attached hydrogen (secondary N) is 1. The van der Waals surface area contributed by atoms with E-state index in [2.05, 4.69) is 9.82 Å². The van der Waals surface area contributed by atoms with Crippen LogP contribution in [0.3, 0.4) is 0 Å². The Morgan fingerprint density at radius 1 is 1.10 bits per heavy atom. The van der Waals surface area contributed by atoms with Crippen molar-refractivity contribution in [2.75, 3.05) is 4.72 Å². The first-order valence-electron chi connectivity index (χ1n) is 6.05. The quantitative estimate of drug-likeness (QED) is 0.804. The molecule has 1 heterocycles. The van der Waals surface area contributed by atoms with Gasteiger partial charge in [-0.15, -0.1) is 0 Å². The van der Waals surface area contributed by atoms with Gasteiger partial charge in [0.15, 0.2) is 0 Å². The van der Waals surface area contributed by atoms with Gasteiger partial charge in [-0.2, -0.15) is 5.10 Å². The van der Waals surface area contributed by atoms with Crippen LogP contribution >= 0.6 is 0 Å². The third-order valence-electron chi connectivity index (χ3n) is 3.00. The maximum Gasteiger partial charge on any atom is 0.262 e. The first kappa shape index (κ1) is 12.7. The zero-order valence-electron chi connectivity index (χ0n) is 10.8. The van der Waals surface area contributed by atoms with Gasteiger partial charge in [-0.1, -0.05) is 36.4 Å². The summed E-state index contributed by atoms with van der Waals surface area (Å²) in [5, 5.41) is 5.54. The highest BCUT2D eigenvalue weighted by atomic mass is 32.2. The highest BCUT2D eigenvalue weighted by molar-refractivity contribution is 7.93. The lowest BCUT2D eigenvalue weighted by Gasteiger charge is -2.08. The molecule has 5 nitrogen and oxygen atoms in total. The van der Waals surface area contributed by atoms with Crippen molar-refractivity contribution >= 4 is 26.5 Å². The van der Waals surface area contributed by atoms with Gasteiger partial charge in [-0.3, -0.25) is 9.40 Å². The van der Waals surface area contributed by atoms with Crippen molar-refractivity contribution in [1.29, 1.82) is 0 Å². The third-order valence-corrected chi connectivity index (χ3v) is 4.44. The van der Waals surface area contributed by atoms with Crippen LogP contribution in [0.1, 0.15) is 0 Å². The Labute approximate surface area is 116 Å². The molecule has 0 fully saturated rings. The number of hydrogen-bond donors (Lipinski definition) is 1. The Morgan fingerprint density at radius 2 is 1.85 bits per heavy atom. The molecule has 0 unspecified atom stereocenters. The van der Waals surface area contributed by atoms with Crippen LogP contribution in [0, 0.1) is 0 Å². The molecule has 20 heavy (non-hydrogen) atoms. The van der Waals surface area contributed by atoms with E-state index in [1.807, 2.05) is 24.3 Å². The third kappa shape index (κ3) is 2.25. The Kier molecular flexibility index (Phi) is 2.94. The van der Waals surface area contributed by atoms with Crippen molar-refractivity contribution in [2.45, 2.75) is 4.90 Å². The van der Waals surface area contributed by atoms with E-state index in [1.54, 1.807) is 36.1 Å². The van der Waals surface area contributed by atoms with Gasteiger partial charge >= 0.3 is 0 Å². The molecule has 0 saturated carbocycles. The zero-order chi connectivity index (χ0) is 14.2. The van der Waals surface area contributed by atoms with Crippen molar-refractivity contribution in [3.05, 3.63) is 54.9 Å². The maximum absolute atomic E-state index is 12.5. The van der Waals surface area contributed by atoms with Crippen molar-refractivity contribution in [3.63, 3.8) is 0 Å². The summed E-state index contributed by atoms with van der Waals surface area (Å²) in [4.78, 5) is 0.263. The second kappa shape index (κ2) is 4.64. The van der Waals surface area contributed by atoms with E-state index < -0.39 is 10.0 Å². The fraction of sp³-hybridized carbons (Fsp3) is 0.0714. The minimum absolute atomic E-state index is 0.263. The first-order chi connectivity index (χ1) is 9.56. The van der Waals surface area contributed by atoms with Gasteiger partial charge in [0.2, 0.25) is 0 Å². The molecule has 0 aliphatic heterocycles. The molecular weight excluding hydrogens is 274 g/mol. The van der Waals surface area contributed by atoms with Gasteiger partial charge in [0.25, 0.3) is 10.0 Å². The lowest BCUT2D eigenvalue weighted by Crippen LogP contribution is -2.12. The molecule has 0 radical (unpaired) electrons. The highest BCUT2D eigenvalue weighted by Gasteiger charge is 2.17. The second-order valence-corrected chi connectivity index (χ2v) is 6.14. The topological polar surface area (TPSA) is 64.0 Å². The van der Waals surface area contributed by atoms with Crippen LogP contribution in [0.2, 0.25) is 0 Å². The number of hydrogen-bond acceptors (Lipinski definition) is 3. The van der Waals surface area contributed by atoms with Crippen LogP contribution in [0.4, 0.5) is 5.69 Å². The van der Waals surface area contributed by atoms with E-state index in [-0.39, 0.29) is 4.90 Å². The van der Waals surface area contributed by atoms with E-state index in [1.165, 1.54) is 6.20 Å². The molecule has 0 aliphatic carbocycles. The molecule has 0 bridgehead atoms. The molecule has 0 atom stereocenters. The van der Waals surface area contributed by atoms with Gasteiger partial charge in [-0.05, 0) is 11.5 Å². The van der Waals surface area contributed by atoms with Crippen molar-refractivity contribution in [1.82, 2.24) is 9.78 Å². The van der Waals surface area contributed by atoms with Crippen LogP contribution < -0.4 is 4.72 Å². The van der Waals surface area contributed by atoms with E-state index in [0.29, 0.717) is 11.1 Å². The number of nitrogens with zero attached hydrogens (tertiary/aromatic N) is 2. The molecule has 2 aromatic carbocycles. The summed E-state index contributed by atoms with van der Waals surface area (Å²) in [6.07, 6.45) is 3.09. The number of fused-ring (bicyclic) bond motifs is 1. The number of rotatable bonds is 3. The van der Waals surface area contributed by atoms with Crippen molar-refractivity contribution < 1.29 is 8.42 Å². The Bertz CT molecular complexity index is 864. The lowest BCUT2D eigenvalue weighted by molar-refractivity contribution is 0.602. The molecule has 0 aliphatic rings. The second-order valence-electron chi connectivity index (χ2n) is 4.49. The normalized spacial score (nSPS) is 11.7. The van der Waals surface area contributed by atoms with Crippen LogP contribution in [-0.2, 0) is 17.1 Å². The molecule has 3 aromatic rings. The summed E-state index contributed by atoms with van der Waals surface area (Å²) in [7, 11) is -1.90. The maximum atomic E-state index is 12.5. The number of benzene rings is 2. The summed E-state index contributed by atoms with van der Waals surface area (Å²) in [5.41, 5.74) is 0.445. The molecule has 3 rings (SSSR count). The fourth-order valence-electron chi connectivity index (χ4n) is 2.11. The standard InChI is InChI=1S/C14H13N3O2S/c1-17-10-12(9-15-17)16-20(18,19)14-8-4-6-11-5-2-3-7-13(11)14/h2-10,16H,1H3. The predicted octanol–water partition coefficient (Wildman–Crippen LogP) is 2.37. The van der Waals surface area contributed by atoms with Crippen LogP contribution in [-0.4, -0.2) is 18.2 Å². The van der Waals surface area contributed by atoms with E-state index in [9.17, 15) is 8.42 Å². The molecule has 1 N–H and O–H groups in total. The minimum Gasteiger partial charge on any atom is -0.276 e. The largest absolute Gasteiger partial charge is 0.276 e. The number of anilines is 1. The SMILES string of the molecule is Cn1cc(NS(=O)(=O)c2cccc3ccccc23)cn1.